The van der Waals surface area contributed by atoms with Gasteiger partial charge in [0.1, 0.15) is 11.4 Å². The molecule has 5 nitrogen and oxygen atoms in total. The normalized spacial score (nSPS) is 10.3. The van der Waals surface area contributed by atoms with Crippen molar-refractivity contribution < 1.29 is 9.59 Å². The molecule has 0 fully saturated rings. The molecule has 0 aliphatic carbocycles. The molecule has 0 bridgehead atoms. The average Bonchev–Trinajstić information content (AvgIpc) is 2.66. The summed E-state index contributed by atoms with van der Waals surface area (Å²) in [6.07, 6.45) is 2.72. The van der Waals surface area contributed by atoms with Crippen molar-refractivity contribution in [3.63, 3.8) is 0 Å². The number of hydrogen-bond acceptors (Lipinski definition) is 3. The summed E-state index contributed by atoms with van der Waals surface area (Å²) >= 11 is 0. The maximum atomic E-state index is 12.4. The molecule has 25 heavy (non-hydrogen) atoms. The Morgan fingerprint density at radius 1 is 1.04 bits per heavy atom. The van der Waals surface area contributed by atoms with Gasteiger partial charge in [0.2, 0.25) is 0 Å². The highest BCUT2D eigenvalue weighted by Crippen LogP contribution is 2.05. The van der Waals surface area contributed by atoms with Gasteiger partial charge < -0.3 is 10.2 Å². The van der Waals surface area contributed by atoms with Gasteiger partial charge in [-0.1, -0.05) is 49.7 Å². The molecule has 132 valence electrons. The number of nitrogens with one attached hydrogen (secondary N) is 1. The predicted octanol–water partition coefficient (Wildman–Crippen LogP) is 2.93. The number of nitrogens with zero attached hydrogens (tertiary/aromatic N) is 2. The van der Waals surface area contributed by atoms with E-state index in [1.807, 2.05) is 30.3 Å². The van der Waals surface area contributed by atoms with Crippen molar-refractivity contribution >= 4 is 11.8 Å². The van der Waals surface area contributed by atoms with Crippen molar-refractivity contribution in [3.8, 4) is 0 Å². The predicted molar refractivity (Wildman–Crippen MR) is 98.6 cm³/mol. The minimum Gasteiger partial charge on any atom is -0.350 e. The van der Waals surface area contributed by atoms with E-state index in [1.54, 1.807) is 30.1 Å². The van der Waals surface area contributed by atoms with Crippen LogP contribution in [0.3, 0.4) is 0 Å². The number of pyridine rings is 1. The number of hydrogen-bond donors (Lipinski definition) is 1. The van der Waals surface area contributed by atoms with Crippen molar-refractivity contribution in [1.82, 2.24) is 15.2 Å². The molecule has 0 radical (unpaired) electrons. The van der Waals surface area contributed by atoms with Crippen LogP contribution in [-0.2, 0) is 6.42 Å². The summed E-state index contributed by atoms with van der Waals surface area (Å²) in [7, 11) is 1.76. The minimum absolute atomic E-state index is 0.160. The fourth-order valence-corrected chi connectivity index (χ4v) is 2.43. The quantitative estimate of drug-likeness (QED) is 0.804. The van der Waals surface area contributed by atoms with Gasteiger partial charge in [0.15, 0.2) is 0 Å². The summed E-state index contributed by atoms with van der Waals surface area (Å²) < 4.78 is 0. The first kappa shape index (κ1) is 18.6. The zero-order valence-electron chi connectivity index (χ0n) is 14.9. The van der Waals surface area contributed by atoms with Crippen LogP contribution < -0.4 is 5.32 Å². The number of unbranched alkanes of at least 4 members (excludes halogenated alkanes) is 1. The van der Waals surface area contributed by atoms with E-state index in [0.29, 0.717) is 18.8 Å². The van der Waals surface area contributed by atoms with Gasteiger partial charge >= 0.3 is 0 Å². The van der Waals surface area contributed by atoms with E-state index in [9.17, 15) is 9.59 Å². The Morgan fingerprint density at radius 2 is 1.76 bits per heavy atom. The van der Waals surface area contributed by atoms with Gasteiger partial charge in [0.05, 0.1) is 0 Å². The van der Waals surface area contributed by atoms with Crippen LogP contribution in [0.5, 0.6) is 0 Å². The third kappa shape index (κ3) is 5.71. The highest BCUT2D eigenvalue weighted by atomic mass is 16.2. The van der Waals surface area contributed by atoms with Crippen LogP contribution in [0.1, 0.15) is 46.3 Å². The third-order valence-corrected chi connectivity index (χ3v) is 3.94. The van der Waals surface area contributed by atoms with Crippen LogP contribution in [0, 0.1) is 0 Å². The van der Waals surface area contributed by atoms with E-state index in [-0.39, 0.29) is 17.5 Å². The molecular weight excluding hydrogens is 314 g/mol. The Kier molecular flexibility index (Phi) is 7.14. The fourth-order valence-electron chi connectivity index (χ4n) is 2.43. The second-order valence-electron chi connectivity index (χ2n) is 5.98. The molecule has 5 heteroatoms. The standard InChI is InChI=1S/C20H25N3O2/c1-3-4-15-23(2)20(25)18-12-8-11-17(22-18)19(24)21-14-13-16-9-6-5-7-10-16/h5-12H,3-4,13-15H2,1-2H3,(H,21,24). The first-order valence-corrected chi connectivity index (χ1v) is 8.66. The monoisotopic (exact) mass is 339 g/mol. The lowest BCUT2D eigenvalue weighted by Gasteiger charge is -2.16. The highest BCUT2D eigenvalue weighted by molar-refractivity contribution is 5.96. The molecule has 1 heterocycles. The number of carbonyl (C=O) groups is 2. The maximum Gasteiger partial charge on any atom is 0.272 e. The first-order chi connectivity index (χ1) is 12.1. The zero-order valence-corrected chi connectivity index (χ0v) is 14.9. The molecule has 0 saturated carbocycles. The summed E-state index contributed by atoms with van der Waals surface area (Å²) in [4.78, 5) is 30.5. The summed E-state index contributed by atoms with van der Waals surface area (Å²) in [6, 6.07) is 14.9. The summed E-state index contributed by atoms with van der Waals surface area (Å²) in [5.41, 5.74) is 1.73. The Balaban J connectivity index is 1.93. The van der Waals surface area contributed by atoms with Crippen molar-refractivity contribution in [2.75, 3.05) is 20.1 Å². The lowest BCUT2D eigenvalue weighted by molar-refractivity contribution is 0.0787. The van der Waals surface area contributed by atoms with Crippen molar-refractivity contribution in [1.29, 1.82) is 0 Å². The molecule has 0 aliphatic heterocycles. The average molecular weight is 339 g/mol. The molecule has 1 aromatic carbocycles. The van der Waals surface area contributed by atoms with Crippen LogP contribution in [-0.4, -0.2) is 41.8 Å². The van der Waals surface area contributed by atoms with Crippen LogP contribution in [0.15, 0.2) is 48.5 Å². The van der Waals surface area contributed by atoms with Gasteiger partial charge in [-0.25, -0.2) is 4.98 Å². The van der Waals surface area contributed by atoms with Crippen LogP contribution in [0.2, 0.25) is 0 Å². The molecule has 2 aromatic rings. The Labute approximate surface area is 149 Å². The van der Waals surface area contributed by atoms with Gasteiger partial charge in [-0.3, -0.25) is 9.59 Å². The van der Waals surface area contributed by atoms with Gasteiger partial charge in [0, 0.05) is 20.1 Å². The molecule has 1 N–H and O–H groups in total. The number of aromatic nitrogens is 1. The molecule has 0 unspecified atom stereocenters. The molecule has 2 rings (SSSR count). The maximum absolute atomic E-state index is 12.4. The van der Waals surface area contributed by atoms with Gasteiger partial charge in [-0.05, 0) is 30.5 Å². The smallest absolute Gasteiger partial charge is 0.272 e. The lowest BCUT2D eigenvalue weighted by Crippen LogP contribution is -2.30. The minimum atomic E-state index is -0.262. The molecule has 0 saturated heterocycles. The van der Waals surface area contributed by atoms with Gasteiger partial charge in [0.25, 0.3) is 11.8 Å². The number of rotatable bonds is 8. The number of carbonyl (C=O) groups excluding carboxylic acids is 2. The van der Waals surface area contributed by atoms with E-state index < -0.39 is 0 Å². The highest BCUT2D eigenvalue weighted by Gasteiger charge is 2.15. The van der Waals surface area contributed by atoms with Crippen LogP contribution >= 0.6 is 0 Å². The number of benzene rings is 1. The van der Waals surface area contributed by atoms with E-state index in [0.717, 1.165) is 24.8 Å². The second kappa shape index (κ2) is 9.57. The largest absolute Gasteiger partial charge is 0.350 e. The fraction of sp³-hybridized carbons (Fsp3) is 0.350. The van der Waals surface area contributed by atoms with Crippen LogP contribution in [0.25, 0.3) is 0 Å². The lowest BCUT2D eigenvalue weighted by atomic mass is 10.1. The van der Waals surface area contributed by atoms with Gasteiger partial charge in [-0.15, -0.1) is 0 Å². The summed E-state index contributed by atoms with van der Waals surface area (Å²) in [5.74, 6) is -0.422. The molecule has 2 amide bonds. The van der Waals surface area contributed by atoms with Crippen molar-refractivity contribution in [2.45, 2.75) is 26.2 Å². The second-order valence-corrected chi connectivity index (χ2v) is 5.98. The Morgan fingerprint density at radius 3 is 2.48 bits per heavy atom. The molecule has 1 aromatic heterocycles. The topological polar surface area (TPSA) is 62.3 Å². The van der Waals surface area contributed by atoms with E-state index in [1.165, 1.54) is 0 Å². The van der Waals surface area contributed by atoms with Gasteiger partial charge in [-0.2, -0.15) is 0 Å². The first-order valence-electron chi connectivity index (χ1n) is 8.66. The third-order valence-electron chi connectivity index (χ3n) is 3.94. The molecule has 0 spiro atoms. The Bertz CT molecular complexity index is 701. The van der Waals surface area contributed by atoms with Crippen molar-refractivity contribution in [2.24, 2.45) is 0 Å². The zero-order chi connectivity index (χ0) is 18.1. The Hall–Kier alpha value is -2.69. The molecule has 0 atom stereocenters. The van der Waals surface area contributed by atoms with E-state index in [4.69, 9.17) is 0 Å². The molecule has 0 aliphatic rings. The van der Waals surface area contributed by atoms with E-state index >= 15 is 0 Å². The SMILES string of the molecule is CCCCN(C)C(=O)c1cccc(C(=O)NCCc2ccccc2)n1. The summed E-state index contributed by atoms with van der Waals surface area (Å²) in [5, 5.41) is 2.85. The summed E-state index contributed by atoms with van der Waals surface area (Å²) in [6.45, 7) is 3.29. The van der Waals surface area contributed by atoms with Crippen molar-refractivity contribution in [3.05, 3.63) is 65.5 Å². The number of amides is 2. The van der Waals surface area contributed by atoms with E-state index in [2.05, 4.69) is 17.2 Å². The molecular formula is C20H25N3O2. The van der Waals surface area contributed by atoms with Crippen LogP contribution in [0.4, 0.5) is 0 Å².